The fraction of sp³-hybridized carbons (Fsp3) is 0.188. The average Bonchev–Trinajstić information content (AvgIpc) is 2.49. The van der Waals surface area contributed by atoms with Gasteiger partial charge in [0.05, 0.1) is 0 Å². The summed E-state index contributed by atoms with van der Waals surface area (Å²) in [6.07, 6.45) is 0.496. The minimum absolute atomic E-state index is 0.0397. The minimum atomic E-state index is -0.251. The zero-order valence-electron chi connectivity index (χ0n) is 11.6. The van der Waals surface area contributed by atoms with Crippen molar-refractivity contribution in [3.63, 3.8) is 0 Å². The molecule has 0 atom stereocenters. The molecule has 4 N–H and O–H groups in total. The molecule has 0 fully saturated rings. The molecule has 0 radical (unpaired) electrons. The van der Waals surface area contributed by atoms with E-state index in [2.05, 4.69) is 5.32 Å². The number of nitrogen functional groups attached to an aromatic ring is 1. The number of aliphatic hydroxyl groups excluding tert-OH is 1. The van der Waals surface area contributed by atoms with Crippen LogP contribution in [0.15, 0.2) is 48.5 Å². The fourth-order valence-corrected chi connectivity index (χ4v) is 1.88. The highest BCUT2D eigenvalue weighted by atomic mass is 16.5. The minimum Gasteiger partial charge on any atom is -0.483 e. The Bertz CT molecular complexity index is 597. The molecular weight excluding hydrogens is 268 g/mol. The smallest absolute Gasteiger partial charge is 0.262 e. The van der Waals surface area contributed by atoms with Crippen molar-refractivity contribution in [1.29, 1.82) is 0 Å². The average molecular weight is 286 g/mol. The van der Waals surface area contributed by atoms with E-state index in [-0.39, 0.29) is 19.1 Å². The number of carbonyl (C=O) groups excluding carboxylic acids is 1. The molecule has 0 unspecified atom stereocenters. The van der Waals surface area contributed by atoms with Gasteiger partial charge in [0, 0.05) is 18.0 Å². The first-order valence-corrected chi connectivity index (χ1v) is 6.66. The summed E-state index contributed by atoms with van der Waals surface area (Å²) in [6.45, 7) is -0.0508. The summed E-state index contributed by atoms with van der Waals surface area (Å²) in [4.78, 5) is 11.8. The van der Waals surface area contributed by atoms with Gasteiger partial charge in [0.2, 0.25) is 0 Å². The van der Waals surface area contributed by atoms with E-state index in [9.17, 15) is 4.79 Å². The van der Waals surface area contributed by atoms with E-state index in [1.54, 1.807) is 30.3 Å². The molecule has 0 aliphatic heterocycles. The predicted molar refractivity (Wildman–Crippen MR) is 82.2 cm³/mol. The number of hydrogen-bond donors (Lipinski definition) is 3. The molecule has 0 saturated carbocycles. The Morgan fingerprint density at radius 3 is 2.57 bits per heavy atom. The quantitative estimate of drug-likeness (QED) is 0.707. The van der Waals surface area contributed by atoms with Gasteiger partial charge in [-0.25, -0.2) is 0 Å². The van der Waals surface area contributed by atoms with Gasteiger partial charge in [-0.05, 0) is 42.3 Å². The maximum atomic E-state index is 11.8. The number of aliphatic hydroxyl groups is 1. The van der Waals surface area contributed by atoms with Crippen LogP contribution in [-0.4, -0.2) is 24.2 Å². The zero-order chi connectivity index (χ0) is 15.1. The molecule has 5 nitrogen and oxygen atoms in total. The van der Waals surface area contributed by atoms with Crippen LogP contribution in [0.1, 0.15) is 5.56 Å². The summed E-state index contributed by atoms with van der Waals surface area (Å²) in [5.41, 5.74) is 7.76. The molecular formula is C16H18N2O3. The van der Waals surface area contributed by atoms with Crippen molar-refractivity contribution in [2.75, 3.05) is 24.3 Å². The maximum absolute atomic E-state index is 11.8. The lowest BCUT2D eigenvalue weighted by molar-refractivity contribution is -0.118. The second-order valence-corrected chi connectivity index (χ2v) is 4.54. The lowest BCUT2D eigenvalue weighted by atomic mass is 10.1. The third-order valence-corrected chi connectivity index (χ3v) is 2.91. The van der Waals surface area contributed by atoms with Gasteiger partial charge in [-0.3, -0.25) is 4.79 Å². The summed E-state index contributed by atoms with van der Waals surface area (Å²) in [5.74, 6) is 0.359. The number of nitrogens with one attached hydrogen (secondary N) is 1. The number of amides is 1. The molecule has 1 amide bonds. The summed E-state index contributed by atoms with van der Waals surface area (Å²) < 4.78 is 5.50. The van der Waals surface area contributed by atoms with Crippen molar-refractivity contribution >= 4 is 17.3 Å². The number of nitrogens with two attached hydrogens (primary N) is 1. The predicted octanol–water partition coefficient (Wildman–Crippen LogP) is 1.82. The molecule has 2 rings (SSSR count). The van der Waals surface area contributed by atoms with Crippen molar-refractivity contribution in [2.24, 2.45) is 0 Å². The lowest BCUT2D eigenvalue weighted by Crippen LogP contribution is -2.20. The third-order valence-electron chi connectivity index (χ3n) is 2.91. The standard InChI is InChI=1S/C16H18N2O3/c17-13-5-7-14(8-6-13)18-16(20)11-21-15-4-2-1-3-12(15)9-10-19/h1-8,19H,9-11,17H2,(H,18,20). The Kier molecular flexibility index (Phi) is 5.17. The van der Waals surface area contributed by atoms with Gasteiger partial charge in [-0.1, -0.05) is 18.2 Å². The molecule has 0 aromatic heterocycles. The first kappa shape index (κ1) is 14.9. The Morgan fingerprint density at radius 2 is 1.86 bits per heavy atom. The number of para-hydroxylation sites is 1. The van der Waals surface area contributed by atoms with Gasteiger partial charge in [0.1, 0.15) is 5.75 Å². The summed E-state index contributed by atoms with van der Waals surface area (Å²) in [5, 5.41) is 11.7. The van der Waals surface area contributed by atoms with Crippen LogP contribution in [0, 0.1) is 0 Å². The first-order chi connectivity index (χ1) is 10.2. The summed E-state index contributed by atoms with van der Waals surface area (Å²) in [6, 6.07) is 14.2. The van der Waals surface area contributed by atoms with Crippen molar-refractivity contribution in [3.8, 4) is 5.75 Å². The Balaban J connectivity index is 1.90. The van der Waals surface area contributed by atoms with Gasteiger partial charge >= 0.3 is 0 Å². The first-order valence-electron chi connectivity index (χ1n) is 6.66. The van der Waals surface area contributed by atoms with Gasteiger partial charge in [-0.2, -0.15) is 0 Å². The fourth-order valence-electron chi connectivity index (χ4n) is 1.88. The van der Waals surface area contributed by atoms with Crippen LogP contribution in [0.5, 0.6) is 5.75 Å². The zero-order valence-corrected chi connectivity index (χ0v) is 11.6. The number of benzene rings is 2. The highest BCUT2D eigenvalue weighted by Crippen LogP contribution is 2.18. The second kappa shape index (κ2) is 7.31. The van der Waals surface area contributed by atoms with E-state index in [1.807, 2.05) is 18.2 Å². The van der Waals surface area contributed by atoms with Crippen LogP contribution in [0.4, 0.5) is 11.4 Å². The van der Waals surface area contributed by atoms with Crippen LogP contribution in [-0.2, 0) is 11.2 Å². The third kappa shape index (κ3) is 4.50. The molecule has 110 valence electrons. The Labute approximate surface area is 123 Å². The molecule has 0 spiro atoms. The van der Waals surface area contributed by atoms with Crippen LogP contribution in [0.2, 0.25) is 0 Å². The number of carbonyl (C=O) groups is 1. The van der Waals surface area contributed by atoms with E-state index in [1.165, 1.54) is 0 Å². The lowest BCUT2D eigenvalue weighted by Gasteiger charge is -2.11. The van der Waals surface area contributed by atoms with E-state index in [0.717, 1.165) is 5.56 Å². The second-order valence-electron chi connectivity index (χ2n) is 4.54. The normalized spacial score (nSPS) is 10.1. The molecule has 0 aliphatic carbocycles. The van der Waals surface area contributed by atoms with Crippen LogP contribution in [0.25, 0.3) is 0 Å². The van der Waals surface area contributed by atoms with Gasteiger partial charge in [0.25, 0.3) is 5.91 Å². The number of anilines is 2. The molecule has 21 heavy (non-hydrogen) atoms. The van der Waals surface area contributed by atoms with Crippen LogP contribution in [0.3, 0.4) is 0 Å². The number of ether oxygens (including phenoxy) is 1. The largest absolute Gasteiger partial charge is 0.483 e. The van der Waals surface area contributed by atoms with Gasteiger partial charge in [-0.15, -0.1) is 0 Å². The molecule has 0 bridgehead atoms. The van der Waals surface area contributed by atoms with Crippen molar-refractivity contribution in [1.82, 2.24) is 0 Å². The van der Waals surface area contributed by atoms with E-state index in [4.69, 9.17) is 15.6 Å². The molecule has 0 saturated heterocycles. The topological polar surface area (TPSA) is 84.6 Å². The van der Waals surface area contributed by atoms with Crippen molar-refractivity contribution < 1.29 is 14.6 Å². The van der Waals surface area contributed by atoms with Crippen LogP contribution >= 0.6 is 0 Å². The monoisotopic (exact) mass is 286 g/mol. The molecule has 0 aliphatic rings. The maximum Gasteiger partial charge on any atom is 0.262 e. The Morgan fingerprint density at radius 1 is 1.14 bits per heavy atom. The molecule has 5 heteroatoms. The van der Waals surface area contributed by atoms with Crippen LogP contribution < -0.4 is 15.8 Å². The summed E-state index contributed by atoms with van der Waals surface area (Å²) >= 11 is 0. The molecule has 2 aromatic carbocycles. The van der Waals surface area contributed by atoms with Crippen molar-refractivity contribution in [2.45, 2.75) is 6.42 Å². The SMILES string of the molecule is Nc1ccc(NC(=O)COc2ccccc2CCO)cc1. The number of rotatable bonds is 6. The van der Waals surface area contributed by atoms with E-state index < -0.39 is 0 Å². The molecule has 0 heterocycles. The van der Waals surface area contributed by atoms with Gasteiger partial charge in [0.15, 0.2) is 6.61 Å². The molecule has 2 aromatic rings. The highest BCUT2D eigenvalue weighted by molar-refractivity contribution is 5.92. The number of hydrogen-bond acceptors (Lipinski definition) is 4. The van der Waals surface area contributed by atoms with Gasteiger partial charge < -0.3 is 20.9 Å². The van der Waals surface area contributed by atoms with E-state index >= 15 is 0 Å². The van der Waals surface area contributed by atoms with E-state index in [0.29, 0.717) is 23.5 Å². The summed E-state index contributed by atoms with van der Waals surface area (Å²) in [7, 11) is 0. The highest BCUT2D eigenvalue weighted by Gasteiger charge is 2.06. The Hall–Kier alpha value is -2.53. The van der Waals surface area contributed by atoms with Crippen molar-refractivity contribution in [3.05, 3.63) is 54.1 Å².